The molecular formula is C24H27ClN4O2. The number of amides is 1. The molecule has 6 nitrogen and oxygen atoms in total. The average molecular weight is 439 g/mol. The topological polar surface area (TPSA) is 61.5 Å². The summed E-state index contributed by atoms with van der Waals surface area (Å²) in [6.45, 7) is 3.46. The Labute approximate surface area is 187 Å². The van der Waals surface area contributed by atoms with Crippen molar-refractivity contribution in [1.29, 1.82) is 0 Å². The number of ether oxygens (including phenoxy) is 1. The summed E-state index contributed by atoms with van der Waals surface area (Å²) < 4.78 is 5.31. The summed E-state index contributed by atoms with van der Waals surface area (Å²) in [6, 6.07) is 11.8. The number of carbonyl (C=O) groups excluding carboxylic acids is 1. The molecule has 5 rings (SSSR count). The predicted octanol–water partition coefficient (Wildman–Crippen LogP) is 4.73. The van der Waals surface area contributed by atoms with Crippen LogP contribution in [0.2, 0.25) is 5.02 Å². The number of carbonyl (C=O) groups is 1. The zero-order valence-corrected chi connectivity index (χ0v) is 18.5. The van der Waals surface area contributed by atoms with Crippen LogP contribution in [0.1, 0.15) is 25.7 Å². The summed E-state index contributed by atoms with van der Waals surface area (Å²) in [6.07, 6.45) is 4.40. The van der Waals surface area contributed by atoms with Crippen LogP contribution >= 0.6 is 11.6 Å². The monoisotopic (exact) mass is 438 g/mol. The van der Waals surface area contributed by atoms with Gasteiger partial charge in [-0.15, -0.1) is 0 Å². The number of aromatic nitrogens is 2. The molecule has 0 radical (unpaired) electrons. The second-order valence-corrected chi connectivity index (χ2v) is 8.86. The number of piperidine rings is 1. The molecule has 2 aliphatic heterocycles. The van der Waals surface area contributed by atoms with E-state index in [2.05, 4.69) is 20.9 Å². The Bertz CT molecular complexity index is 1110. The first kappa shape index (κ1) is 20.2. The van der Waals surface area contributed by atoms with E-state index in [0.717, 1.165) is 79.3 Å². The Balaban J connectivity index is 1.37. The molecular weight excluding hydrogens is 412 g/mol. The Morgan fingerprint density at radius 1 is 1.13 bits per heavy atom. The number of rotatable bonds is 4. The first-order valence-corrected chi connectivity index (χ1v) is 11.4. The van der Waals surface area contributed by atoms with Gasteiger partial charge < -0.3 is 19.5 Å². The van der Waals surface area contributed by atoms with E-state index in [1.807, 2.05) is 30.3 Å². The highest BCUT2D eigenvalue weighted by atomic mass is 35.5. The van der Waals surface area contributed by atoms with Crippen molar-refractivity contribution >= 4 is 34.2 Å². The molecule has 1 N–H and O–H groups in total. The van der Waals surface area contributed by atoms with Gasteiger partial charge in [-0.3, -0.25) is 4.79 Å². The van der Waals surface area contributed by atoms with Crippen LogP contribution in [0.15, 0.2) is 36.4 Å². The van der Waals surface area contributed by atoms with Crippen LogP contribution in [-0.4, -0.2) is 54.1 Å². The molecule has 3 heterocycles. The van der Waals surface area contributed by atoms with Crippen LogP contribution in [0.25, 0.3) is 22.4 Å². The first-order chi connectivity index (χ1) is 15.1. The van der Waals surface area contributed by atoms with Gasteiger partial charge in [0.05, 0.1) is 29.1 Å². The molecule has 1 unspecified atom stereocenters. The minimum atomic E-state index is 0.0795. The smallest absolute Gasteiger partial charge is 0.227 e. The predicted molar refractivity (Wildman–Crippen MR) is 124 cm³/mol. The standard InChI is InChI=1S/C24H27ClN4O2/c1-31-18-6-8-21-22(14-18)27-23(26-21)19-13-17(5-7-20(19)25)29-12-9-16(15-29)24(30)28-10-3-2-4-11-28/h5-8,13-14,16H,2-4,9-12,15H2,1H3,(H,26,27). The number of halogens is 1. The van der Waals surface area contributed by atoms with Gasteiger partial charge in [-0.25, -0.2) is 4.98 Å². The maximum Gasteiger partial charge on any atom is 0.227 e. The first-order valence-electron chi connectivity index (χ1n) is 11.0. The normalized spacial score (nSPS) is 19.2. The van der Waals surface area contributed by atoms with Crippen LogP contribution in [-0.2, 0) is 4.79 Å². The molecule has 162 valence electrons. The summed E-state index contributed by atoms with van der Waals surface area (Å²) in [5, 5.41) is 0.648. The average Bonchev–Trinajstić information content (AvgIpc) is 3.46. The number of hydrogen-bond donors (Lipinski definition) is 1. The van der Waals surface area contributed by atoms with Gasteiger partial charge in [-0.2, -0.15) is 0 Å². The Kier molecular flexibility index (Phi) is 5.48. The molecule has 2 fully saturated rings. The molecule has 1 aromatic heterocycles. The van der Waals surface area contributed by atoms with E-state index >= 15 is 0 Å². The van der Waals surface area contributed by atoms with E-state index in [-0.39, 0.29) is 5.92 Å². The molecule has 7 heteroatoms. The van der Waals surface area contributed by atoms with Gasteiger partial charge in [0.2, 0.25) is 5.91 Å². The third-order valence-electron chi connectivity index (χ3n) is 6.46. The maximum atomic E-state index is 12.9. The number of nitrogens with one attached hydrogen (secondary N) is 1. The molecule has 3 aromatic rings. The minimum absolute atomic E-state index is 0.0795. The van der Waals surface area contributed by atoms with Gasteiger partial charge >= 0.3 is 0 Å². The van der Waals surface area contributed by atoms with Crippen LogP contribution in [0, 0.1) is 5.92 Å². The molecule has 2 aromatic carbocycles. The zero-order valence-electron chi connectivity index (χ0n) is 17.7. The summed E-state index contributed by atoms with van der Waals surface area (Å²) in [5.74, 6) is 1.91. The Hall–Kier alpha value is -2.73. The van der Waals surface area contributed by atoms with Gasteiger partial charge in [0.15, 0.2) is 0 Å². The zero-order chi connectivity index (χ0) is 21.4. The Morgan fingerprint density at radius 2 is 1.97 bits per heavy atom. The van der Waals surface area contributed by atoms with E-state index in [9.17, 15) is 4.79 Å². The third-order valence-corrected chi connectivity index (χ3v) is 6.79. The summed E-state index contributed by atoms with van der Waals surface area (Å²) >= 11 is 6.54. The van der Waals surface area contributed by atoms with E-state index in [1.165, 1.54) is 6.42 Å². The number of nitrogens with zero attached hydrogens (tertiary/aromatic N) is 3. The van der Waals surface area contributed by atoms with Gasteiger partial charge in [0, 0.05) is 43.5 Å². The van der Waals surface area contributed by atoms with Crippen molar-refractivity contribution in [1.82, 2.24) is 14.9 Å². The molecule has 1 atom stereocenters. The van der Waals surface area contributed by atoms with Crippen molar-refractivity contribution in [3.63, 3.8) is 0 Å². The molecule has 2 aliphatic rings. The molecule has 0 bridgehead atoms. The number of benzene rings is 2. The van der Waals surface area contributed by atoms with Crippen molar-refractivity contribution in [2.24, 2.45) is 5.92 Å². The highest BCUT2D eigenvalue weighted by molar-refractivity contribution is 6.33. The number of anilines is 1. The lowest BCUT2D eigenvalue weighted by Crippen LogP contribution is -2.40. The molecule has 1 amide bonds. The Morgan fingerprint density at radius 3 is 2.77 bits per heavy atom. The van der Waals surface area contributed by atoms with Crippen LogP contribution in [0.5, 0.6) is 5.75 Å². The van der Waals surface area contributed by atoms with E-state index < -0.39 is 0 Å². The molecule has 0 aliphatic carbocycles. The number of H-pyrrole nitrogens is 1. The lowest BCUT2D eigenvalue weighted by atomic mass is 10.0. The lowest BCUT2D eigenvalue weighted by molar-refractivity contribution is -0.135. The summed E-state index contributed by atoms with van der Waals surface area (Å²) in [7, 11) is 1.65. The summed E-state index contributed by atoms with van der Waals surface area (Å²) in [5.41, 5.74) is 3.71. The van der Waals surface area contributed by atoms with Crippen molar-refractivity contribution in [2.75, 3.05) is 38.2 Å². The quantitative estimate of drug-likeness (QED) is 0.639. The van der Waals surface area contributed by atoms with Gasteiger partial charge in [0.25, 0.3) is 0 Å². The fraction of sp³-hybridized carbons (Fsp3) is 0.417. The second kappa shape index (κ2) is 8.42. The van der Waals surface area contributed by atoms with Gasteiger partial charge in [-0.1, -0.05) is 11.6 Å². The highest BCUT2D eigenvalue weighted by Gasteiger charge is 2.32. The van der Waals surface area contributed by atoms with Crippen molar-refractivity contribution in [3.8, 4) is 17.1 Å². The number of aromatic amines is 1. The molecule has 2 saturated heterocycles. The number of hydrogen-bond acceptors (Lipinski definition) is 4. The van der Waals surface area contributed by atoms with Crippen LogP contribution in [0.3, 0.4) is 0 Å². The summed E-state index contributed by atoms with van der Waals surface area (Å²) in [4.78, 5) is 25.4. The SMILES string of the molecule is COc1ccc2nc(-c3cc(N4CCC(C(=O)N5CCCCC5)C4)ccc3Cl)[nH]c2c1. The van der Waals surface area contributed by atoms with Gasteiger partial charge in [0.1, 0.15) is 11.6 Å². The molecule has 31 heavy (non-hydrogen) atoms. The van der Waals surface area contributed by atoms with Crippen LogP contribution < -0.4 is 9.64 Å². The largest absolute Gasteiger partial charge is 0.497 e. The van der Waals surface area contributed by atoms with Crippen molar-refractivity contribution in [3.05, 3.63) is 41.4 Å². The third kappa shape index (κ3) is 3.97. The molecule has 0 saturated carbocycles. The van der Waals surface area contributed by atoms with Gasteiger partial charge in [-0.05, 0) is 56.0 Å². The van der Waals surface area contributed by atoms with E-state index in [4.69, 9.17) is 21.3 Å². The van der Waals surface area contributed by atoms with E-state index in [0.29, 0.717) is 10.9 Å². The lowest BCUT2D eigenvalue weighted by Gasteiger charge is -2.29. The second-order valence-electron chi connectivity index (χ2n) is 8.45. The number of methoxy groups -OCH3 is 1. The van der Waals surface area contributed by atoms with Crippen molar-refractivity contribution < 1.29 is 9.53 Å². The van der Waals surface area contributed by atoms with Crippen molar-refractivity contribution in [2.45, 2.75) is 25.7 Å². The fourth-order valence-corrected chi connectivity index (χ4v) is 4.91. The van der Waals surface area contributed by atoms with E-state index in [1.54, 1.807) is 7.11 Å². The number of imidazole rings is 1. The minimum Gasteiger partial charge on any atom is -0.497 e. The number of likely N-dealkylation sites (tertiary alicyclic amines) is 1. The molecule has 0 spiro atoms. The number of fused-ring (bicyclic) bond motifs is 1. The highest BCUT2D eigenvalue weighted by Crippen LogP contribution is 2.34. The fourth-order valence-electron chi connectivity index (χ4n) is 4.70. The maximum absolute atomic E-state index is 12.9. The van der Waals surface area contributed by atoms with Crippen LogP contribution in [0.4, 0.5) is 5.69 Å².